The highest BCUT2D eigenvalue weighted by Crippen LogP contribution is 2.07. The Morgan fingerprint density at radius 3 is 2.85 bits per heavy atom. The predicted octanol–water partition coefficient (Wildman–Crippen LogP) is 0.674. The van der Waals surface area contributed by atoms with Gasteiger partial charge in [-0.15, -0.1) is 0 Å². The minimum Gasteiger partial charge on any atom is -0.475 e. The van der Waals surface area contributed by atoms with E-state index < -0.39 is 5.97 Å². The van der Waals surface area contributed by atoms with E-state index in [-0.39, 0.29) is 18.3 Å². The number of carbonyl (C=O) groups is 2. The van der Waals surface area contributed by atoms with E-state index in [1.165, 1.54) is 12.1 Å². The molecule has 0 spiro atoms. The van der Waals surface area contributed by atoms with Crippen LogP contribution in [-0.4, -0.2) is 33.4 Å². The first kappa shape index (κ1) is 13.7. The summed E-state index contributed by atoms with van der Waals surface area (Å²) >= 11 is 0. The molecule has 2 heterocycles. The second-order valence-electron chi connectivity index (χ2n) is 3.95. The maximum atomic E-state index is 11.5. The average molecular weight is 278 g/mol. The lowest BCUT2D eigenvalue weighted by Gasteiger charge is -2.06. The van der Waals surface area contributed by atoms with Gasteiger partial charge in [0.25, 0.3) is 0 Å². The van der Waals surface area contributed by atoms with E-state index in [4.69, 9.17) is 9.52 Å². The Hall–Kier alpha value is -2.77. The van der Waals surface area contributed by atoms with Crippen LogP contribution >= 0.6 is 0 Å². The SMILES string of the molecule is O=C(NCCn1cccn1)NCc1ccc(C(=O)O)o1. The van der Waals surface area contributed by atoms with Gasteiger partial charge < -0.3 is 20.2 Å². The van der Waals surface area contributed by atoms with Gasteiger partial charge in [-0.05, 0) is 18.2 Å². The van der Waals surface area contributed by atoms with Gasteiger partial charge in [-0.25, -0.2) is 9.59 Å². The maximum Gasteiger partial charge on any atom is 0.371 e. The van der Waals surface area contributed by atoms with Crippen LogP contribution in [0.15, 0.2) is 35.0 Å². The third kappa shape index (κ3) is 3.87. The van der Waals surface area contributed by atoms with Crippen LogP contribution < -0.4 is 10.6 Å². The fraction of sp³-hybridized carbons (Fsp3) is 0.250. The van der Waals surface area contributed by atoms with Crippen molar-refractivity contribution in [2.45, 2.75) is 13.1 Å². The summed E-state index contributed by atoms with van der Waals surface area (Å²) in [5, 5.41) is 17.9. The van der Waals surface area contributed by atoms with Crippen molar-refractivity contribution < 1.29 is 19.1 Å². The standard InChI is InChI=1S/C12H14N4O4/c17-11(18)10-3-2-9(20-10)8-14-12(19)13-5-7-16-6-1-4-15-16/h1-4,6H,5,7-8H2,(H,17,18)(H2,13,14,19). The van der Waals surface area contributed by atoms with Crippen LogP contribution in [0.25, 0.3) is 0 Å². The molecule has 2 aromatic heterocycles. The molecule has 20 heavy (non-hydrogen) atoms. The van der Waals surface area contributed by atoms with Gasteiger partial charge >= 0.3 is 12.0 Å². The molecule has 0 atom stereocenters. The number of furan rings is 1. The Labute approximate surface area is 114 Å². The van der Waals surface area contributed by atoms with Crippen molar-refractivity contribution in [3.05, 3.63) is 42.1 Å². The number of nitrogens with zero attached hydrogens (tertiary/aromatic N) is 2. The summed E-state index contributed by atoms with van der Waals surface area (Å²) in [6.45, 7) is 1.14. The van der Waals surface area contributed by atoms with Crippen LogP contribution in [0.1, 0.15) is 16.3 Å². The molecule has 0 saturated carbocycles. The summed E-state index contributed by atoms with van der Waals surface area (Å²) < 4.78 is 6.70. The van der Waals surface area contributed by atoms with Gasteiger partial charge in [0, 0.05) is 18.9 Å². The van der Waals surface area contributed by atoms with Gasteiger partial charge in [0.15, 0.2) is 0 Å². The first-order valence-electron chi connectivity index (χ1n) is 5.96. The van der Waals surface area contributed by atoms with Crippen LogP contribution in [0.5, 0.6) is 0 Å². The normalized spacial score (nSPS) is 10.2. The number of rotatable bonds is 6. The largest absolute Gasteiger partial charge is 0.475 e. The first-order chi connectivity index (χ1) is 9.65. The van der Waals surface area contributed by atoms with Crippen molar-refractivity contribution in [3.8, 4) is 0 Å². The van der Waals surface area contributed by atoms with Crippen LogP contribution in [-0.2, 0) is 13.1 Å². The van der Waals surface area contributed by atoms with E-state index in [0.717, 1.165) is 0 Å². The number of aromatic nitrogens is 2. The summed E-state index contributed by atoms with van der Waals surface area (Å²) in [4.78, 5) is 22.1. The quantitative estimate of drug-likeness (QED) is 0.719. The van der Waals surface area contributed by atoms with Crippen molar-refractivity contribution in [2.75, 3.05) is 6.54 Å². The molecule has 0 aliphatic carbocycles. The molecule has 0 saturated heterocycles. The fourth-order valence-electron chi connectivity index (χ4n) is 1.53. The minimum atomic E-state index is -1.14. The fourth-order valence-corrected chi connectivity index (χ4v) is 1.53. The van der Waals surface area contributed by atoms with Gasteiger partial charge in [0.1, 0.15) is 5.76 Å². The zero-order valence-corrected chi connectivity index (χ0v) is 10.6. The number of carboxylic acids is 1. The van der Waals surface area contributed by atoms with Crippen molar-refractivity contribution >= 4 is 12.0 Å². The van der Waals surface area contributed by atoms with Crippen molar-refractivity contribution in [1.29, 1.82) is 0 Å². The van der Waals surface area contributed by atoms with Crippen molar-refractivity contribution in [2.24, 2.45) is 0 Å². The zero-order valence-electron chi connectivity index (χ0n) is 10.6. The highest BCUT2D eigenvalue weighted by atomic mass is 16.4. The monoisotopic (exact) mass is 278 g/mol. The lowest BCUT2D eigenvalue weighted by atomic mass is 10.4. The molecule has 0 radical (unpaired) electrons. The molecule has 0 unspecified atom stereocenters. The number of hydrogen-bond acceptors (Lipinski definition) is 4. The molecule has 0 bridgehead atoms. The molecular formula is C12H14N4O4. The molecule has 106 valence electrons. The van der Waals surface area contributed by atoms with Gasteiger partial charge in [-0.2, -0.15) is 5.10 Å². The van der Waals surface area contributed by atoms with Crippen LogP contribution in [0.2, 0.25) is 0 Å². The molecular weight excluding hydrogens is 264 g/mol. The number of carbonyl (C=O) groups excluding carboxylic acids is 1. The molecule has 0 aliphatic heterocycles. The molecule has 0 fully saturated rings. The van der Waals surface area contributed by atoms with Gasteiger partial charge in [-0.3, -0.25) is 4.68 Å². The lowest BCUT2D eigenvalue weighted by Crippen LogP contribution is -2.36. The highest BCUT2D eigenvalue weighted by molar-refractivity contribution is 5.84. The number of nitrogens with one attached hydrogen (secondary N) is 2. The molecule has 8 heteroatoms. The molecule has 2 amide bonds. The average Bonchev–Trinajstić information content (AvgIpc) is 3.07. The lowest BCUT2D eigenvalue weighted by molar-refractivity contribution is 0.0660. The number of carboxylic acid groups (broad SMARTS) is 1. The smallest absolute Gasteiger partial charge is 0.371 e. The Balaban J connectivity index is 1.67. The third-order valence-corrected chi connectivity index (χ3v) is 2.48. The summed E-state index contributed by atoms with van der Waals surface area (Å²) in [5.74, 6) is -0.912. The number of aromatic carboxylic acids is 1. The molecule has 2 aromatic rings. The maximum absolute atomic E-state index is 11.5. The highest BCUT2D eigenvalue weighted by Gasteiger charge is 2.09. The Kier molecular flexibility index (Phi) is 4.38. The second-order valence-corrected chi connectivity index (χ2v) is 3.95. The minimum absolute atomic E-state index is 0.126. The van der Waals surface area contributed by atoms with E-state index in [0.29, 0.717) is 18.8 Å². The number of hydrogen-bond donors (Lipinski definition) is 3. The van der Waals surface area contributed by atoms with Crippen LogP contribution in [0.3, 0.4) is 0 Å². The van der Waals surface area contributed by atoms with Crippen molar-refractivity contribution in [3.63, 3.8) is 0 Å². The summed E-state index contributed by atoms with van der Waals surface area (Å²) in [7, 11) is 0. The molecule has 2 rings (SSSR count). The molecule has 8 nitrogen and oxygen atoms in total. The second kappa shape index (κ2) is 6.41. The molecule has 3 N–H and O–H groups in total. The van der Waals surface area contributed by atoms with E-state index in [1.54, 1.807) is 23.1 Å². The summed E-state index contributed by atoms with van der Waals surface area (Å²) in [6.07, 6.45) is 3.47. The van der Waals surface area contributed by atoms with E-state index in [1.807, 2.05) is 0 Å². The summed E-state index contributed by atoms with van der Waals surface area (Å²) in [6, 6.07) is 4.30. The van der Waals surface area contributed by atoms with Gasteiger partial charge in [0.05, 0.1) is 13.1 Å². The van der Waals surface area contributed by atoms with Gasteiger partial charge in [-0.1, -0.05) is 0 Å². The van der Waals surface area contributed by atoms with Crippen LogP contribution in [0.4, 0.5) is 4.79 Å². The summed E-state index contributed by atoms with van der Waals surface area (Å²) in [5.41, 5.74) is 0. The Bertz CT molecular complexity index is 576. The van der Waals surface area contributed by atoms with Crippen molar-refractivity contribution in [1.82, 2.24) is 20.4 Å². The van der Waals surface area contributed by atoms with Crippen LogP contribution in [0, 0.1) is 0 Å². The molecule has 0 aliphatic rings. The zero-order chi connectivity index (χ0) is 14.4. The van der Waals surface area contributed by atoms with E-state index in [9.17, 15) is 9.59 Å². The topological polar surface area (TPSA) is 109 Å². The number of amides is 2. The first-order valence-corrected chi connectivity index (χ1v) is 5.96. The Morgan fingerprint density at radius 1 is 1.35 bits per heavy atom. The number of urea groups is 1. The van der Waals surface area contributed by atoms with Gasteiger partial charge in [0.2, 0.25) is 5.76 Å². The Morgan fingerprint density at radius 2 is 2.20 bits per heavy atom. The van der Waals surface area contributed by atoms with E-state index in [2.05, 4.69) is 15.7 Å². The molecule has 0 aromatic carbocycles. The third-order valence-electron chi connectivity index (χ3n) is 2.48. The predicted molar refractivity (Wildman–Crippen MR) is 68.1 cm³/mol. The van der Waals surface area contributed by atoms with E-state index >= 15 is 0 Å².